The van der Waals surface area contributed by atoms with Gasteiger partial charge in [-0.15, -0.1) is 11.8 Å². The molecule has 0 bridgehead atoms. The molecule has 0 aliphatic carbocycles. The van der Waals surface area contributed by atoms with E-state index >= 15 is 0 Å². The van der Waals surface area contributed by atoms with Gasteiger partial charge in [0.25, 0.3) is 0 Å². The van der Waals surface area contributed by atoms with Gasteiger partial charge in [-0.05, 0) is 31.4 Å². The third-order valence-corrected chi connectivity index (χ3v) is 2.26. The van der Waals surface area contributed by atoms with Gasteiger partial charge < -0.3 is 0 Å². The molecule has 0 N–H and O–H groups in total. The van der Waals surface area contributed by atoms with Crippen molar-refractivity contribution in [1.82, 2.24) is 0 Å². The highest BCUT2D eigenvalue weighted by Gasteiger charge is 1.82. The molecule has 58 valence electrons. The molecule has 0 radical (unpaired) electrons. The molecule has 0 rings (SSSR count). The van der Waals surface area contributed by atoms with Gasteiger partial charge in [0.15, 0.2) is 0 Å². The number of hydrogen-bond acceptors (Lipinski definition) is 1. The summed E-state index contributed by atoms with van der Waals surface area (Å²) in [7, 11) is 0. The Morgan fingerprint density at radius 2 is 1.90 bits per heavy atom. The molecule has 0 atom stereocenters. The van der Waals surface area contributed by atoms with Crippen molar-refractivity contribution in [2.24, 2.45) is 0 Å². The summed E-state index contributed by atoms with van der Waals surface area (Å²) in [6.45, 7) is 6.46. The minimum absolute atomic E-state index is 1.15. The molecule has 0 heterocycles. The molecule has 0 amide bonds. The molecule has 10 heavy (non-hydrogen) atoms. The fourth-order valence-corrected chi connectivity index (χ4v) is 0.650. The van der Waals surface area contributed by atoms with Crippen LogP contribution in [0, 0.1) is 0 Å². The molecule has 0 spiro atoms. The molecule has 0 fully saturated rings. The normalized spacial score (nSPS) is 14.0. The van der Waals surface area contributed by atoms with E-state index in [2.05, 4.69) is 39.2 Å². The van der Waals surface area contributed by atoms with Crippen LogP contribution in [0.25, 0.3) is 0 Å². The van der Waals surface area contributed by atoms with E-state index < -0.39 is 0 Å². The smallest absolute Gasteiger partial charge is 0.0140 e. The zero-order chi connectivity index (χ0) is 7.98. The second-order valence-corrected chi connectivity index (χ2v) is 3.40. The maximum absolute atomic E-state index is 2.19. The molecule has 0 saturated heterocycles. The van der Waals surface area contributed by atoms with Crippen molar-refractivity contribution in [3.8, 4) is 0 Å². The molecule has 0 aromatic heterocycles. The van der Waals surface area contributed by atoms with Gasteiger partial charge in [-0.1, -0.05) is 24.6 Å². The van der Waals surface area contributed by atoms with Crippen LogP contribution in [0.3, 0.4) is 0 Å². The predicted octanol–water partition coefficient (Wildman–Crippen LogP) is 3.61. The Hall–Kier alpha value is -0.170. The zero-order valence-electron chi connectivity index (χ0n) is 7.27. The van der Waals surface area contributed by atoms with E-state index in [9.17, 15) is 0 Å². The lowest BCUT2D eigenvalue weighted by Gasteiger charge is -1.92. The van der Waals surface area contributed by atoms with Crippen LogP contribution >= 0.6 is 11.8 Å². The van der Waals surface area contributed by atoms with Crippen LogP contribution in [-0.2, 0) is 0 Å². The summed E-state index contributed by atoms with van der Waals surface area (Å²) < 4.78 is 0. The van der Waals surface area contributed by atoms with Gasteiger partial charge in [0.05, 0.1) is 0 Å². The number of allylic oxidation sites excluding steroid dienone is 4. The topological polar surface area (TPSA) is 0 Å². The van der Waals surface area contributed by atoms with Crippen LogP contribution in [0.15, 0.2) is 22.6 Å². The van der Waals surface area contributed by atoms with Crippen molar-refractivity contribution < 1.29 is 0 Å². The van der Waals surface area contributed by atoms with Gasteiger partial charge in [0.2, 0.25) is 0 Å². The molecule has 0 aliphatic rings. The van der Waals surface area contributed by atoms with Crippen molar-refractivity contribution in [3.63, 3.8) is 0 Å². The summed E-state index contributed by atoms with van der Waals surface area (Å²) in [6.07, 6.45) is 7.61. The van der Waals surface area contributed by atoms with Crippen molar-refractivity contribution in [2.45, 2.75) is 27.2 Å². The minimum Gasteiger partial charge on any atom is -0.134 e. The van der Waals surface area contributed by atoms with Gasteiger partial charge in [-0.3, -0.25) is 0 Å². The summed E-state index contributed by atoms with van der Waals surface area (Å²) in [4.78, 5) is 1.37. The van der Waals surface area contributed by atoms with E-state index in [1.165, 1.54) is 10.5 Å². The molecule has 0 saturated carbocycles. The number of rotatable bonds is 3. The first-order chi connectivity index (χ1) is 4.70. The first kappa shape index (κ1) is 9.83. The Morgan fingerprint density at radius 1 is 1.30 bits per heavy atom. The standard InChI is InChI=1S/C9H16S/c1-5-8(2)6-7-9(3)10-4/h6-7H,5H2,1-4H3. The SMILES string of the molecule is CCC(C)=CC=C(C)SC. The van der Waals surface area contributed by atoms with Crippen molar-refractivity contribution in [2.75, 3.05) is 6.26 Å². The van der Waals surface area contributed by atoms with Gasteiger partial charge >= 0.3 is 0 Å². The maximum Gasteiger partial charge on any atom is -0.0140 e. The monoisotopic (exact) mass is 156 g/mol. The van der Waals surface area contributed by atoms with E-state index in [-0.39, 0.29) is 0 Å². The van der Waals surface area contributed by atoms with Gasteiger partial charge in [-0.2, -0.15) is 0 Å². The lowest BCUT2D eigenvalue weighted by Crippen LogP contribution is -1.69. The highest BCUT2D eigenvalue weighted by molar-refractivity contribution is 8.02. The summed E-state index contributed by atoms with van der Waals surface area (Å²) in [5.41, 5.74) is 1.44. The molecule has 0 aromatic carbocycles. The van der Waals surface area contributed by atoms with Crippen LogP contribution in [0.5, 0.6) is 0 Å². The minimum atomic E-state index is 1.15. The Labute approximate surface area is 68.4 Å². The van der Waals surface area contributed by atoms with Crippen molar-refractivity contribution in [1.29, 1.82) is 0 Å². The Morgan fingerprint density at radius 3 is 2.30 bits per heavy atom. The van der Waals surface area contributed by atoms with E-state index in [1.807, 2.05) is 0 Å². The molecule has 0 nitrogen and oxygen atoms in total. The quantitative estimate of drug-likeness (QED) is 0.562. The summed E-state index contributed by atoms with van der Waals surface area (Å²) in [5, 5.41) is 0. The third-order valence-electron chi connectivity index (χ3n) is 1.48. The van der Waals surface area contributed by atoms with Crippen LogP contribution in [-0.4, -0.2) is 6.26 Å². The Balaban J connectivity index is 3.91. The molecule has 0 aromatic rings. The van der Waals surface area contributed by atoms with Gasteiger partial charge in [0, 0.05) is 0 Å². The highest BCUT2D eigenvalue weighted by Crippen LogP contribution is 2.10. The van der Waals surface area contributed by atoms with E-state index in [4.69, 9.17) is 0 Å². The maximum atomic E-state index is 2.19. The Bertz CT molecular complexity index is 125. The van der Waals surface area contributed by atoms with Crippen LogP contribution in [0.2, 0.25) is 0 Å². The first-order valence-corrected chi connectivity index (χ1v) is 4.81. The molecule has 1 heteroatoms. The predicted molar refractivity (Wildman–Crippen MR) is 51.3 cm³/mol. The Kier molecular flexibility index (Phi) is 5.51. The van der Waals surface area contributed by atoms with Crippen LogP contribution in [0.1, 0.15) is 27.2 Å². The molecular formula is C9H16S. The summed E-state index contributed by atoms with van der Waals surface area (Å²) in [6, 6.07) is 0. The van der Waals surface area contributed by atoms with Gasteiger partial charge in [-0.25, -0.2) is 0 Å². The highest BCUT2D eigenvalue weighted by atomic mass is 32.2. The third kappa shape index (κ3) is 4.68. The van der Waals surface area contributed by atoms with Crippen LogP contribution < -0.4 is 0 Å². The molecule has 0 unspecified atom stereocenters. The lowest BCUT2D eigenvalue weighted by molar-refractivity contribution is 1.10. The van der Waals surface area contributed by atoms with E-state index in [0.29, 0.717) is 0 Å². The zero-order valence-corrected chi connectivity index (χ0v) is 8.09. The van der Waals surface area contributed by atoms with E-state index in [0.717, 1.165) is 6.42 Å². The first-order valence-electron chi connectivity index (χ1n) is 3.58. The number of thioether (sulfide) groups is 1. The molecular weight excluding hydrogens is 140 g/mol. The average Bonchev–Trinajstić information content (AvgIpc) is 1.99. The second-order valence-electron chi connectivity index (χ2n) is 2.35. The van der Waals surface area contributed by atoms with Gasteiger partial charge in [0.1, 0.15) is 0 Å². The average molecular weight is 156 g/mol. The van der Waals surface area contributed by atoms with Crippen molar-refractivity contribution in [3.05, 3.63) is 22.6 Å². The van der Waals surface area contributed by atoms with Crippen molar-refractivity contribution >= 4 is 11.8 Å². The lowest BCUT2D eigenvalue weighted by atomic mass is 10.2. The fourth-order valence-electron chi connectivity index (χ4n) is 0.446. The van der Waals surface area contributed by atoms with E-state index in [1.54, 1.807) is 11.8 Å². The molecule has 0 aliphatic heterocycles. The second kappa shape index (κ2) is 5.60. The number of hydrogen-bond donors (Lipinski definition) is 0. The summed E-state index contributed by atoms with van der Waals surface area (Å²) in [5.74, 6) is 0. The fraction of sp³-hybridized carbons (Fsp3) is 0.556. The summed E-state index contributed by atoms with van der Waals surface area (Å²) >= 11 is 1.79. The van der Waals surface area contributed by atoms with Crippen LogP contribution in [0.4, 0.5) is 0 Å². The largest absolute Gasteiger partial charge is 0.134 e.